The summed E-state index contributed by atoms with van der Waals surface area (Å²) in [5.74, 6) is -0.726. The van der Waals surface area contributed by atoms with Gasteiger partial charge in [-0.25, -0.2) is 0 Å². The molecular formula is C7H9N3O2. The first-order valence-corrected chi connectivity index (χ1v) is 3.48. The molecule has 5 nitrogen and oxygen atoms in total. The number of rotatable bonds is 3. The smallest absolute Gasteiger partial charge is 0.274 e. The fraction of sp³-hybridized carbons (Fsp3) is 0.286. The third kappa shape index (κ3) is 1.91. The molecule has 1 aliphatic rings. The minimum Gasteiger partial charge on any atom is -0.306 e. The van der Waals surface area contributed by atoms with Crippen molar-refractivity contribution in [2.75, 3.05) is 6.54 Å². The molecule has 1 rings (SSSR count). The minimum absolute atomic E-state index is 0.0585. The fourth-order valence-corrected chi connectivity index (χ4v) is 0.771. The Bertz CT molecular complexity index is 257. The lowest BCUT2D eigenvalue weighted by molar-refractivity contribution is -0.123. The van der Waals surface area contributed by atoms with Gasteiger partial charge in [-0.3, -0.25) is 14.9 Å². The minimum atomic E-state index is -0.420. The number of nitrogens with zero attached hydrogens (tertiary/aromatic N) is 1. The maximum Gasteiger partial charge on any atom is 0.274 e. The average molecular weight is 167 g/mol. The van der Waals surface area contributed by atoms with Crippen molar-refractivity contribution in [3.05, 3.63) is 12.7 Å². The van der Waals surface area contributed by atoms with Crippen LogP contribution in [0.5, 0.6) is 0 Å². The van der Waals surface area contributed by atoms with Crippen LogP contribution in [0.3, 0.4) is 0 Å². The molecule has 12 heavy (non-hydrogen) atoms. The molecule has 0 saturated carbocycles. The second-order valence-electron chi connectivity index (χ2n) is 2.26. The number of imide groups is 1. The van der Waals surface area contributed by atoms with Crippen molar-refractivity contribution >= 4 is 17.5 Å². The molecule has 0 aromatic heterocycles. The maximum absolute atomic E-state index is 10.9. The van der Waals surface area contributed by atoms with Crippen LogP contribution < -0.4 is 10.7 Å². The van der Waals surface area contributed by atoms with Crippen molar-refractivity contribution in [1.82, 2.24) is 10.7 Å². The van der Waals surface area contributed by atoms with Gasteiger partial charge in [0.2, 0.25) is 5.91 Å². The standard InChI is InChI=1S/C7H9N3O2/c1-2-3-8-10-5-4-6(11)9-7(5)12/h2,8H,1,3-4H2,(H,9,11,12). The van der Waals surface area contributed by atoms with Crippen LogP contribution in [0.2, 0.25) is 0 Å². The highest BCUT2D eigenvalue weighted by molar-refractivity contribution is 6.48. The van der Waals surface area contributed by atoms with E-state index < -0.39 is 5.91 Å². The van der Waals surface area contributed by atoms with E-state index in [0.717, 1.165) is 0 Å². The van der Waals surface area contributed by atoms with E-state index in [1.54, 1.807) is 6.08 Å². The van der Waals surface area contributed by atoms with Crippen molar-refractivity contribution in [1.29, 1.82) is 0 Å². The first-order valence-electron chi connectivity index (χ1n) is 3.48. The van der Waals surface area contributed by atoms with Gasteiger partial charge in [-0.2, -0.15) is 5.10 Å². The molecule has 1 aliphatic heterocycles. The number of hydrogen-bond donors (Lipinski definition) is 2. The van der Waals surface area contributed by atoms with Gasteiger partial charge in [-0.05, 0) is 0 Å². The molecule has 1 saturated heterocycles. The molecule has 2 amide bonds. The van der Waals surface area contributed by atoms with Gasteiger partial charge in [-0.1, -0.05) is 6.08 Å². The van der Waals surface area contributed by atoms with Crippen LogP contribution in [0.25, 0.3) is 0 Å². The first kappa shape index (κ1) is 8.45. The van der Waals surface area contributed by atoms with E-state index in [9.17, 15) is 9.59 Å². The van der Waals surface area contributed by atoms with Crippen molar-refractivity contribution < 1.29 is 9.59 Å². The summed E-state index contributed by atoms with van der Waals surface area (Å²) in [6.45, 7) is 3.94. The number of nitrogens with one attached hydrogen (secondary N) is 2. The Morgan fingerprint density at radius 2 is 2.42 bits per heavy atom. The van der Waals surface area contributed by atoms with Gasteiger partial charge >= 0.3 is 0 Å². The molecule has 2 N–H and O–H groups in total. The van der Waals surface area contributed by atoms with E-state index >= 15 is 0 Å². The van der Waals surface area contributed by atoms with Gasteiger partial charge in [0.05, 0.1) is 13.0 Å². The van der Waals surface area contributed by atoms with Gasteiger partial charge in [0.15, 0.2) is 0 Å². The first-order chi connectivity index (χ1) is 5.74. The average Bonchev–Trinajstić information content (AvgIpc) is 2.31. The molecule has 1 heterocycles. The summed E-state index contributed by atoms with van der Waals surface area (Å²) in [4.78, 5) is 21.5. The zero-order chi connectivity index (χ0) is 8.97. The van der Waals surface area contributed by atoms with Gasteiger partial charge in [-0.15, -0.1) is 6.58 Å². The quantitative estimate of drug-likeness (QED) is 0.249. The molecule has 0 unspecified atom stereocenters. The SMILES string of the molecule is C=CCNN=C1CC(=O)NC1=O. The summed E-state index contributed by atoms with van der Waals surface area (Å²) in [5, 5.41) is 5.83. The van der Waals surface area contributed by atoms with E-state index in [-0.39, 0.29) is 18.0 Å². The zero-order valence-corrected chi connectivity index (χ0v) is 6.46. The van der Waals surface area contributed by atoms with Crippen LogP contribution in [0.4, 0.5) is 0 Å². The monoisotopic (exact) mass is 167 g/mol. The predicted octanol–water partition coefficient (Wildman–Crippen LogP) is -0.836. The lowest BCUT2D eigenvalue weighted by Gasteiger charge is -1.93. The largest absolute Gasteiger partial charge is 0.306 e. The zero-order valence-electron chi connectivity index (χ0n) is 6.46. The Hall–Kier alpha value is -1.65. The molecule has 0 bridgehead atoms. The van der Waals surface area contributed by atoms with Crippen LogP contribution in [0, 0.1) is 0 Å². The number of carbonyl (C=O) groups excluding carboxylic acids is 2. The molecule has 1 fully saturated rings. The molecule has 5 heteroatoms. The second-order valence-corrected chi connectivity index (χ2v) is 2.26. The van der Waals surface area contributed by atoms with Crippen LogP contribution in [0.15, 0.2) is 17.8 Å². The van der Waals surface area contributed by atoms with Crippen molar-refractivity contribution in [3.8, 4) is 0 Å². The topological polar surface area (TPSA) is 70.6 Å². The lowest BCUT2D eigenvalue weighted by Crippen LogP contribution is -2.23. The van der Waals surface area contributed by atoms with E-state index in [4.69, 9.17) is 0 Å². The predicted molar refractivity (Wildman–Crippen MR) is 43.4 cm³/mol. The lowest BCUT2D eigenvalue weighted by atomic mass is 10.3. The van der Waals surface area contributed by atoms with Gasteiger partial charge in [0.25, 0.3) is 5.91 Å². The van der Waals surface area contributed by atoms with E-state index in [1.165, 1.54) is 0 Å². The van der Waals surface area contributed by atoms with Gasteiger partial charge < -0.3 is 5.43 Å². The molecular weight excluding hydrogens is 158 g/mol. The van der Waals surface area contributed by atoms with E-state index in [0.29, 0.717) is 6.54 Å². The Morgan fingerprint density at radius 3 is 2.92 bits per heavy atom. The molecule has 0 aliphatic carbocycles. The number of hydrazone groups is 1. The highest BCUT2D eigenvalue weighted by Crippen LogP contribution is 1.95. The summed E-state index contributed by atoms with van der Waals surface area (Å²) in [5.41, 5.74) is 2.81. The summed E-state index contributed by atoms with van der Waals surface area (Å²) in [6, 6.07) is 0. The van der Waals surface area contributed by atoms with Crippen molar-refractivity contribution in [2.45, 2.75) is 6.42 Å². The molecule has 0 spiro atoms. The Labute approximate surface area is 69.5 Å². The van der Waals surface area contributed by atoms with Crippen LogP contribution in [0.1, 0.15) is 6.42 Å². The van der Waals surface area contributed by atoms with E-state index in [2.05, 4.69) is 22.4 Å². The van der Waals surface area contributed by atoms with Crippen molar-refractivity contribution in [3.63, 3.8) is 0 Å². The molecule has 0 aromatic carbocycles. The van der Waals surface area contributed by atoms with Crippen LogP contribution >= 0.6 is 0 Å². The third-order valence-corrected chi connectivity index (χ3v) is 1.29. The number of amides is 2. The second kappa shape index (κ2) is 3.66. The van der Waals surface area contributed by atoms with Crippen LogP contribution in [-0.4, -0.2) is 24.1 Å². The molecule has 0 atom stereocenters. The van der Waals surface area contributed by atoms with Crippen molar-refractivity contribution in [2.24, 2.45) is 5.10 Å². The van der Waals surface area contributed by atoms with Gasteiger partial charge in [0, 0.05) is 0 Å². The number of carbonyl (C=O) groups is 2. The highest BCUT2D eigenvalue weighted by Gasteiger charge is 2.25. The summed E-state index contributed by atoms with van der Waals surface area (Å²) >= 11 is 0. The fourth-order valence-electron chi connectivity index (χ4n) is 0.771. The van der Waals surface area contributed by atoms with E-state index in [1.807, 2.05) is 0 Å². The van der Waals surface area contributed by atoms with Gasteiger partial charge in [0.1, 0.15) is 5.71 Å². The normalized spacial score (nSPS) is 19.5. The summed E-state index contributed by atoms with van der Waals surface area (Å²) in [6.07, 6.45) is 1.67. The Morgan fingerprint density at radius 1 is 1.67 bits per heavy atom. The third-order valence-electron chi connectivity index (χ3n) is 1.29. The summed E-state index contributed by atoms with van der Waals surface area (Å²) in [7, 11) is 0. The summed E-state index contributed by atoms with van der Waals surface area (Å²) < 4.78 is 0. The molecule has 0 aromatic rings. The maximum atomic E-state index is 10.9. The Balaban J connectivity index is 2.51. The Kier molecular flexibility index (Phi) is 2.57. The van der Waals surface area contributed by atoms with Crippen LogP contribution in [-0.2, 0) is 9.59 Å². The highest BCUT2D eigenvalue weighted by atomic mass is 16.2. The molecule has 64 valence electrons. The number of hydrogen-bond acceptors (Lipinski definition) is 4. The molecule has 0 radical (unpaired) electrons.